The zero-order chi connectivity index (χ0) is 17.8. The molecule has 4 aromatic rings. The minimum absolute atomic E-state index is 0.0223. The first-order valence-electron chi connectivity index (χ1n) is 8.67. The molecule has 0 fully saturated rings. The molecule has 1 nitrogen and oxygen atoms in total. The highest BCUT2D eigenvalue weighted by atomic mass is 16.1. The monoisotopic (exact) mass is 334 g/mol. The fraction of sp³-hybridized carbons (Fsp3) is 0. The molecule has 1 heteroatoms. The van der Waals surface area contributed by atoms with Gasteiger partial charge in [0.05, 0.1) is 0 Å². The van der Waals surface area contributed by atoms with Gasteiger partial charge in [0.2, 0.25) is 0 Å². The van der Waals surface area contributed by atoms with Crippen molar-refractivity contribution < 1.29 is 4.79 Å². The summed E-state index contributed by atoms with van der Waals surface area (Å²) in [6.45, 7) is 0. The quantitative estimate of drug-likeness (QED) is 0.401. The van der Waals surface area contributed by atoms with Crippen molar-refractivity contribution >= 4 is 39.5 Å². The standard InChI is InChI=1S/C25H18O/c26-23(17-15-21-11-5-9-19-7-1-3-13-24(19)21)18-16-22-12-6-10-20-8-2-4-14-25(20)22/h1-18H/b17-15-,18-16+. The Balaban J connectivity index is 1.58. The molecular weight excluding hydrogens is 316 g/mol. The molecule has 0 aliphatic heterocycles. The first kappa shape index (κ1) is 16.0. The van der Waals surface area contributed by atoms with E-state index >= 15 is 0 Å². The number of carbonyl (C=O) groups excluding carboxylic acids is 1. The van der Waals surface area contributed by atoms with Gasteiger partial charge in [0, 0.05) is 0 Å². The van der Waals surface area contributed by atoms with Crippen LogP contribution in [0.15, 0.2) is 97.1 Å². The van der Waals surface area contributed by atoms with Gasteiger partial charge < -0.3 is 0 Å². The van der Waals surface area contributed by atoms with E-state index in [0.29, 0.717) is 0 Å². The summed E-state index contributed by atoms with van der Waals surface area (Å²) in [5, 5.41) is 4.65. The number of fused-ring (bicyclic) bond motifs is 2. The largest absolute Gasteiger partial charge is 0.290 e. The third kappa shape index (κ3) is 3.33. The second kappa shape index (κ2) is 7.20. The Morgan fingerprint density at radius 1 is 0.538 bits per heavy atom. The molecular formula is C25H18O. The van der Waals surface area contributed by atoms with Crippen LogP contribution in [0.5, 0.6) is 0 Å². The van der Waals surface area contributed by atoms with Crippen molar-refractivity contribution in [3.63, 3.8) is 0 Å². The van der Waals surface area contributed by atoms with Crippen LogP contribution in [0.2, 0.25) is 0 Å². The molecule has 0 N–H and O–H groups in total. The topological polar surface area (TPSA) is 17.1 Å². The van der Waals surface area contributed by atoms with Gasteiger partial charge in [0.15, 0.2) is 5.78 Å². The van der Waals surface area contributed by atoms with E-state index in [0.717, 1.165) is 21.9 Å². The predicted molar refractivity (Wildman–Crippen MR) is 111 cm³/mol. The number of hydrogen-bond acceptors (Lipinski definition) is 1. The zero-order valence-corrected chi connectivity index (χ0v) is 14.3. The number of benzene rings is 4. The Hall–Kier alpha value is -3.45. The first-order valence-corrected chi connectivity index (χ1v) is 8.67. The van der Waals surface area contributed by atoms with Crippen molar-refractivity contribution in [2.75, 3.05) is 0 Å². The third-order valence-electron chi connectivity index (χ3n) is 4.50. The highest BCUT2D eigenvalue weighted by Gasteiger charge is 1.99. The van der Waals surface area contributed by atoms with Gasteiger partial charge in [-0.05, 0) is 44.8 Å². The van der Waals surface area contributed by atoms with Crippen molar-refractivity contribution in [2.24, 2.45) is 0 Å². The summed E-state index contributed by atoms with van der Waals surface area (Å²) in [4.78, 5) is 12.3. The molecule has 0 spiro atoms. The molecule has 0 unspecified atom stereocenters. The van der Waals surface area contributed by atoms with Gasteiger partial charge in [-0.25, -0.2) is 0 Å². The van der Waals surface area contributed by atoms with Gasteiger partial charge in [0.25, 0.3) is 0 Å². The van der Waals surface area contributed by atoms with Crippen molar-refractivity contribution in [1.82, 2.24) is 0 Å². The fourth-order valence-corrected chi connectivity index (χ4v) is 3.19. The molecule has 0 aliphatic rings. The van der Waals surface area contributed by atoms with Gasteiger partial charge in [-0.15, -0.1) is 0 Å². The maximum Gasteiger partial charge on any atom is 0.178 e. The highest BCUT2D eigenvalue weighted by Crippen LogP contribution is 2.21. The average molecular weight is 334 g/mol. The molecule has 4 rings (SSSR count). The summed E-state index contributed by atoms with van der Waals surface area (Å²) in [6.07, 6.45) is 7.03. The van der Waals surface area contributed by atoms with Gasteiger partial charge in [-0.2, -0.15) is 0 Å². The van der Waals surface area contributed by atoms with E-state index in [4.69, 9.17) is 0 Å². The lowest BCUT2D eigenvalue weighted by molar-refractivity contribution is -0.110. The summed E-state index contributed by atoms with van der Waals surface area (Å²) in [6, 6.07) is 28.6. The Morgan fingerprint density at radius 3 is 1.46 bits per heavy atom. The molecule has 0 amide bonds. The summed E-state index contributed by atoms with van der Waals surface area (Å²) >= 11 is 0. The lowest BCUT2D eigenvalue weighted by atomic mass is 10.0. The molecule has 26 heavy (non-hydrogen) atoms. The number of hydrogen-bond donors (Lipinski definition) is 0. The van der Waals surface area contributed by atoms with E-state index in [2.05, 4.69) is 36.4 Å². The highest BCUT2D eigenvalue weighted by molar-refractivity contribution is 6.06. The number of allylic oxidation sites excluding steroid dienone is 2. The lowest BCUT2D eigenvalue weighted by Gasteiger charge is -2.01. The summed E-state index contributed by atoms with van der Waals surface area (Å²) in [7, 11) is 0. The maximum absolute atomic E-state index is 12.3. The molecule has 0 radical (unpaired) electrons. The summed E-state index contributed by atoms with van der Waals surface area (Å²) < 4.78 is 0. The second-order valence-corrected chi connectivity index (χ2v) is 6.21. The number of carbonyl (C=O) groups is 1. The SMILES string of the molecule is O=C(/C=C\c1cccc2ccccc12)/C=C/c1cccc2ccccc12. The van der Waals surface area contributed by atoms with E-state index in [1.54, 1.807) is 12.2 Å². The molecule has 0 bridgehead atoms. The molecule has 0 atom stereocenters. The van der Waals surface area contributed by atoms with Gasteiger partial charge in [-0.1, -0.05) is 97.1 Å². The second-order valence-electron chi connectivity index (χ2n) is 6.21. The average Bonchev–Trinajstić information content (AvgIpc) is 2.70. The normalized spacial score (nSPS) is 11.7. The number of rotatable bonds is 4. The van der Waals surface area contributed by atoms with Crippen LogP contribution in [0.4, 0.5) is 0 Å². The van der Waals surface area contributed by atoms with E-state index < -0.39 is 0 Å². The van der Waals surface area contributed by atoms with Crippen molar-refractivity contribution in [3.05, 3.63) is 108 Å². The Bertz CT molecular complexity index is 1050. The molecule has 0 aliphatic carbocycles. The van der Waals surface area contributed by atoms with Crippen molar-refractivity contribution in [2.45, 2.75) is 0 Å². The molecule has 0 aromatic heterocycles. The predicted octanol–water partition coefficient (Wildman–Crippen LogP) is 6.29. The van der Waals surface area contributed by atoms with Crippen LogP contribution in [0.3, 0.4) is 0 Å². The molecule has 0 saturated heterocycles. The lowest BCUT2D eigenvalue weighted by Crippen LogP contribution is -1.86. The van der Waals surface area contributed by atoms with E-state index in [9.17, 15) is 4.79 Å². The minimum atomic E-state index is -0.0223. The van der Waals surface area contributed by atoms with Crippen LogP contribution >= 0.6 is 0 Å². The number of ketones is 1. The zero-order valence-electron chi connectivity index (χ0n) is 14.3. The van der Waals surface area contributed by atoms with Crippen molar-refractivity contribution in [1.29, 1.82) is 0 Å². The molecule has 0 heterocycles. The van der Waals surface area contributed by atoms with Gasteiger partial charge in [0.1, 0.15) is 0 Å². The fourth-order valence-electron chi connectivity index (χ4n) is 3.19. The van der Waals surface area contributed by atoms with E-state index in [-0.39, 0.29) is 5.78 Å². The Kier molecular flexibility index (Phi) is 4.44. The molecule has 0 saturated carbocycles. The van der Waals surface area contributed by atoms with Gasteiger partial charge in [-0.3, -0.25) is 4.79 Å². The molecule has 124 valence electrons. The van der Waals surface area contributed by atoms with Crippen LogP contribution in [-0.2, 0) is 4.79 Å². The van der Waals surface area contributed by atoms with Gasteiger partial charge >= 0.3 is 0 Å². The van der Waals surface area contributed by atoms with Crippen LogP contribution in [0, 0.1) is 0 Å². The molecule has 4 aromatic carbocycles. The van der Waals surface area contributed by atoms with Crippen LogP contribution < -0.4 is 0 Å². The van der Waals surface area contributed by atoms with E-state index in [1.807, 2.05) is 60.7 Å². The Morgan fingerprint density at radius 2 is 0.962 bits per heavy atom. The van der Waals surface area contributed by atoms with Crippen LogP contribution in [0.25, 0.3) is 33.7 Å². The minimum Gasteiger partial charge on any atom is -0.290 e. The third-order valence-corrected chi connectivity index (χ3v) is 4.50. The summed E-state index contributed by atoms with van der Waals surface area (Å²) in [5.74, 6) is -0.0223. The first-order chi connectivity index (χ1) is 12.8. The smallest absolute Gasteiger partial charge is 0.178 e. The maximum atomic E-state index is 12.3. The Labute approximate surface area is 152 Å². The van der Waals surface area contributed by atoms with E-state index in [1.165, 1.54) is 10.8 Å². The van der Waals surface area contributed by atoms with Crippen molar-refractivity contribution in [3.8, 4) is 0 Å². The summed E-state index contributed by atoms with van der Waals surface area (Å²) in [5.41, 5.74) is 2.10. The van der Waals surface area contributed by atoms with Crippen LogP contribution in [0.1, 0.15) is 11.1 Å². The van der Waals surface area contributed by atoms with Crippen LogP contribution in [-0.4, -0.2) is 5.78 Å².